The highest BCUT2D eigenvalue weighted by Gasteiger charge is 1.79. The first-order valence-electron chi connectivity index (χ1n) is 2.18. The van der Waals surface area contributed by atoms with Gasteiger partial charge in [-0.2, -0.15) is 0 Å². The van der Waals surface area contributed by atoms with Crippen LogP contribution in [0.3, 0.4) is 0 Å². The fourth-order valence-electron chi connectivity index (χ4n) is 0.117. The third-order valence-corrected chi connectivity index (χ3v) is 0.249. The van der Waals surface area contributed by atoms with Gasteiger partial charge >= 0.3 is 5.97 Å². The predicted molar refractivity (Wildman–Crippen MR) is 45.3 cm³/mol. The molecule has 0 fully saturated rings. The van der Waals surface area contributed by atoms with Gasteiger partial charge in [-0.1, -0.05) is 24.8 Å². The van der Waals surface area contributed by atoms with E-state index in [4.69, 9.17) is 11.6 Å². The van der Waals surface area contributed by atoms with Gasteiger partial charge in [-0.05, 0) is 5.54 Å². The van der Waals surface area contributed by atoms with Crippen molar-refractivity contribution in [1.82, 2.24) is 0 Å². The van der Waals surface area contributed by atoms with E-state index in [0.29, 0.717) is 0 Å². The average Bonchev–Trinajstić information content (AvgIpc) is 1.67. The first kappa shape index (κ1) is 16.3. The van der Waals surface area contributed by atoms with Crippen LogP contribution in [0.25, 0.3) is 0 Å². The van der Waals surface area contributed by atoms with Gasteiger partial charge in [0.25, 0.3) is 0 Å². The summed E-state index contributed by atoms with van der Waals surface area (Å²) in [4.78, 5) is 9.75. The summed E-state index contributed by atoms with van der Waals surface area (Å²) >= 11 is 4.76. The molecule has 10 heavy (non-hydrogen) atoms. The fourth-order valence-corrected chi connectivity index (χ4v) is 0.117. The molecular weight excluding hydrogens is 175 g/mol. The maximum absolute atomic E-state index is 9.75. The minimum Gasteiger partial charge on any atom is -0.435 e. The van der Waals surface area contributed by atoms with Gasteiger partial charge in [0.2, 0.25) is 0 Å². The average molecular weight is 185 g/mol. The van der Waals surface area contributed by atoms with E-state index in [1.165, 1.54) is 12.5 Å². The third kappa shape index (κ3) is 50.2. The van der Waals surface area contributed by atoms with Crippen molar-refractivity contribution in [3.63, 3.8) is 0 Å². The molecule has 2 nitrogen and oxygen atoms in total. The molecule has 0 aliphatic heterocycles. The quantitative estimate of drug-likeness (QED) is 0.463. The minimum absolute atomic E-state index is 0. The van der Waals surface area contributed by atoms with Crippen LogP contribution in [0.5, 0.6) is 0 Å². The Balaban J connectivity index is -0.000000107. The summed E-state index contributed by atoms with van der Waals surface area (Å²) in [5.41, 5.74) is 1.22. The first-order valence-corrected chi connectivity index (χ1v) is 2.62. The highest BCUT2D eigenvalue weighted by Crippen LogP contribution is 1.70. The smallest absolute Gasteiger partial charge is 0.307 e. The number of rotatable bonds is 1. The second-order valence-corrected chi connectivity index (χ2v) is 1.24. The van der Waals surface area contributed by atoms with Crippen molar-refractivity contribution in [2.75, 3.05) is 0 Å². The van der Waals surface area contributed by atoms with Crippen molar-refractivity contribution in [2.45, 2.75) is 6.92 Å². The van der Waals surface area contributed by atoms with Gasteiger partial charge in [0.1, 0.15) is 0 Å². The zero-order valence-corrected chi connectivity index (χ0v) is 7.24. The van der Waals surface area contributed by atoms with Gasteiger partial charge in [-0.3, -0.25) is 4.79 Å². The van der Waals surface area contributed by atoms with Crippen molar-refractivity contribution in [2.24, 2.45) is 0 Å². The molecule has 0 N–H and O–H groups in total. The van der Waals surface area contributed by atoms with Gasteiger partial charge in [-0.15, -0.1) is 12.4 Å². The SMILES string of the molecule is C=CCl.C=COC(C)=O.Cl. The Bertz CT molecular complexity index is 102. The maximum atomic E-state index is 9.75. The van der Waals surface area contributed by atoms with Crippen LogP contribution in [0.2, 0.25) is 0 Å². The first-order chi connectivity index (χ1) is 4.18. The number of hydrogen-bond acceptors (Lipinski definition) is 2. The van der Waals surface area contributed by atoms with E-state index in [2.05, 4.69) is 17.9 Å². The summed E-state index contributed by atoms with van der Waals surface area (Å²) in [5, 5.41) is 0. The van der Waals surface area contributed by atoms with E-state index in [1.54, 1.807) is 0 Å². The van der Waals surface area contributed by atoms with Gasteiger partial charge in [0.15, 0.2) is 0 Å². The minimum atomic E-state index is -0.329. The van der Waals surface area contributed by atoms with Crippen molar-refractivity contribution in [3.05, 3.63) is 25.0 Å². The molecule has 4 heteroatoms. The number of carbonyl (C=O) groups is 1. The molecule has 0 unspecified atom stereocenters. The molecule has 0 atom stereocenters. The lowest BCUT2D eigenvalue weighted by Gasteiger charge is -1.83. The summed E-state index contributed by atoms with van der Waals surface area (Å²) < 4.78 is 4.17. The van der Waals surface area contributed by atoms with Crippen LogP contribution in [-0.2, 0) is 9.53 Å². The molecule has 0 aromatic rings. The van der Waals surface area contributed by atoms with Crippen LogP contribution in [0.15, 0.2) is 25.0 Å². The monoisotopic (exact) mass is 184 g/mol. The summed E-state index contributed by atoms with van der Waals surface area (Å²) in [6.45, 7) is 7.61. The van der Waals surface area contributed by atoms with Crippen molar-refractivity contribution >= 4 is 30.0 Å². The van der Waals surface area contributed by atoms with Gasteiger partial charge in [-0.25, -0.2) is 0 Å². The van der Waals surface area contributed by atoms with Gasteiger partial charge in [0, 0.05) is 6.92 Å². The fraction of sp³-hybridized carbons (Fsp3) is 0.167. The molecule has 0 saturated carbocycles. The molecule has 0 aromatic carbocycles. The number of halogens is 2. The highest BCUT2D eigenvalue weighted by molar-refractivity contribution is 6.25. The summed E-state index contributed by atoms with van der Waals surface area (Å²) in [6, 6.07) is 0. The molecule has 0 aliphatic carbocycles. The Labute approximate surface area is 71.9 Å². The molecule has 0 aliphatic rings. The number of ether oxygens (including phenoxy) is 1. The maximum Gasteiger partial charge on any atom is 0.307 e. The number of esters is 1. The largest absolute Gasteiger partial charge is 0.435 e. The number of carbonyl (C=O) groups excluding carboxylic acids is 1. The Hall–Kier alpha value is -0.470. The molecule has 0 aromatic heterocycles. The Morgan fingerprint density at radius 2 is 1.90 bits per heavy atom. The van der Waals surface area contributed by atoms with E-state index in [-0.39, 0.29) is 18.4 Å². The van der Waals surface area contributed by atoms with E-state index < -0.39 is 0 Å². The molecule has 0 saturated heterocycles. The van der Waals surface area contributed by atoms with E-state index >= 15 is 0 Å². The Kier molecular flexibility index (Phi) is 25.7. The number of hydrogen-bond donors (Lipinski definition) is 0. The van der Waals surface area contributed by atoms with Crippen LogP contribution < -0.4 is 0 Å². The molecule has 0 rings (SSSR count). The second-order valence-electron chi connectivity index (χ2n) is 0.930. The van der Waals surface area contributed by atoms with Gasteiger partial charge in [0.05, 0.1) is 6.26 Å². The molecule has 0 heterocycles. The summed E-state index contributed by atoms with van der Waals surface area (Å²) in [7, 11) is 0. The van der Waals surface area contributed by atoms with Crippen molar-refractivity contribution in [3.8, 4) is 0 Å². The Morgan fingerprint density at radius 1 is 1.60 bits per heavy atom. The summed E-state index contributed by atoms with van der Waals surface area (Å²) in [6.07, 6.45) is 1.10. The van der Waals surface area contributed by atoms with Crippen molar-refractivity contribution < 1.29 is 9.53 Å². The van der Waals surface area contributed by atoms with Crippen LogP contribution in [-0.4, -0.2) is 5.97 Å². The van der Waals surface area contributed by atoms with E-state index in [9.17, 15) is 4.79 Å². The molecular formula is C6H10Cl2O2. The van der Waals surface area contributed by atoms with E-state index in [1.807, 2.05) is 0 Å². The standard InChI is InChI=1S/C4H6O2.C2H3Cl.ClH/c1-3-6-4(2)5;1-2-3;/h3H,1H2,2H3;2H,1H2;1H. The topological polar surface area (TPSA) is 26.3 Å². The van der Waals surface area contributed by atoms with Gasteiger partial charge < -0.3 is 4.74 Å². The third-order valence-electron chi connectivity index (χ3n) is 0.249. The Morgan fingerprint density at radius 3 is 1.90 bits per heavy atom. The highest BCUT2D eigenvalue weighted by atomic mass is 35.5. The molecule has 60 valence electrons. The van der Waals surface area contributed by atoms with Crippen molar-refractivity contribution in [1.29, 1.82) is 0 Å². The zero-order chi connectivity index (χ0) is 7.70. The van der Waals surface area contributed by atoms with E-state index in [0.717, 1.165) is 6.26 Å². The predicted octanol–water partition coefficient (Wildman–Crippen LogP) is 2.48. The lowest BCUT2D eigenvalue weighted by molar-refractivity contribution is -0.135. The van der Waals surface area contributed by atoms with Crippen LogP contribution in [0.1, 0.15) is 6.92 Å². The molecule has 0 radical (unpaired) electrons. The molecule has 0 bridgehead atoms. The second kappa shape index (κ2) is 15.8. The normalized spacial score (nSPS) is 5.40. The molecule has 0 spiro atoms. The molecule has 0 amide bonds. The lowest BCUT2D eigenvalue weighted by atomic mass is 10.8. The zero-order valence-electron chi connectivity index (χ0n) is 5.67. The lowest BCUT2D eigenvalue weighted by Crippen LogP contribution is -1.87. The van der Waals surface area contributed by atoms with Crippen LogP contribution in [0, 0.1) is 0 Å². The van der Waals surface area contributed by atoms with Crippen LogP contribution >= 0.6 is 24.0 Å². The van der Waals surface area contributed by atoms with Crippen LogP contribution in [0.4, 0.5) is 0 Å². The summed E-state index contributed by atoms with van der Waals surface area (Å²) in [5.74, 6) is -0.329.